The molecule has 21 heavy (non-hydrogen) atoms. The van der Waals surface area contributed by atoms with Gasteiger partial charge < -0.3 is 14.2 Å². The van der Waals surface area contributed by atoms with Crippen LogP contribution in [0.1, 0.15) is 24.4 Å². The molecule has 0 aromatic carbocycles. The van der Waals surface area contributed by atoms with E-state index in [2.05, 4.69) is 28.7 Å². The average Bonchev–Trinajstić information content (AvgIpc) is 2.85. The van der Waals surface area contributed by atoms with E-state index < -0.39 is 0 Å². The number of pyridine rings is 1. The summed E-state index contributed by atoms with van der Waals surface area (Å²) < 4.78 is 7.28. The number of likely N-dealkylation sites (tertiary alicyclic amines) is 1. The van der Waals surface area contributed by atoms with Crippen molar-refractivity contribution in [2.75, 3.05) is 26.8 Å². The van der Waals surface area contributed by atoms with Gasteiger partial charge in [-0.05, 0) is 31.4 Å². The highest BCUT2D eigenvalue weighted by atomic mass is 16.5. The quantitative estimate of drug-likeness (QED) is 0.869. The maximum Gasteiger partial charge on any atom is 0.248 e. The van der Waals surface area contributed by atoms with Gasteiger partial charge in [0, 0.05) is 50.2 Å². The van der Waals surface area contributed by atoms with Crippen LogP contribution in [0, 0.1) is 6.92 Å². The van der Waals surface area contributed by atoms with Gasteiger partial charge in [-0.3, -0.25) is 9.78 Å². The fraction of sp³-hybridized carbons (Fsp3) is 0.500. The van der Waals surface area contributed by atoms with Gasteiger partial charge in [0.15, 0.2) is 0 Å². The number of carbonyl (C=O) groups excluding carboxylic acids is 1. The first-order valence-electron chi connectivity index (χ1n) is 7.38. The molecule has 0 bridgehead atoms. The fourth-order valence-electron chi connectivity index (χ4n) is 3.17. The van der Waals surface area contributed by atoms with Gasteiger partial charge in [0.05, 0.1) is 5.52 Å². The van der Waals surface area contributed by atoms with Crippen LogP contribution >= 0.6 is 0 Å². The number of aryl methyl sites for hydroxylation is 1. The second-order valence-corrected chi connectivity index (χ2v) is 5.66. The van der Waals surface area contributed by atoms with E-state index in [9.17, 15) is 4.79 Å². The maximum absolute atomic E-state index is 11.8. The first kappa shape index (κ1) is 14.1. The molecule has 1 amide bonds. The van der Waals surface area contributed by atoms with Crippen molar-refractivity contribution in [1.29, 1.82) is 0 Å². The summed E-state index contributed by atoms with van der Waals surface area (Å²) in [6.45, 7) is 3.91. The van der Waals surface area contributed by atoms with E-state index in [1.54, 1.807) is 7.11 Å². The number of hydrogen-bond acceptors (Lipinski definition) is 3. The highest BCUT2D eigenvalue weighted by Crippen LogP contribution is 2.29. The van der Waals surface area contributed by atoms with Crippen molar-refractivity contribution in [3.05, 3.63) is 30.2 Å². The van der Waals surface area contributed by atoms with Crippen LogP contribution in [0.25, 0.3) is 10.9 Å². The number of nitrogens with zero attached hydrogens (tertiary/aromatic N) is 3. The molecule has 1 saturated heterocycles. The molecule has 0 aliphatic carbocycles. The first-order valence-corrected chi connectivity index (χ1v) is 7.38. The third-order valence-electron chi connectivity index (χ3n) is 4.31. The second-order valence-electron chi connectivity index (χ2n) is 5.66. The smallest absolute Gasteiger partial charge is 0.248 e. The SMILES string of the molecule is COCC(=O)N1CCC(n2cc(C)c3cnccc32)CC1. The van der Waals surface area contributed by atoms with E-state index in [-0.39, 0.29) is 12.5 Å². The number of piperidine rings is 1. The Morgan fingerprint density at radius 1 is 1.43 bits per heavy atom. The minimum absolute atomic E-state index is 0.0914. The summed E-state index contributed by atoms with van der Waals surface area (Å²) in [6.07, 6.45) is 7.96. The number of hydrogen-bond donors (Lipinski definition) is 0. The zero-order valence-electron chi connectivity index (χ0n) is 12.6. The van der Waals surface area contributed by atoms with Crippen molar-refractivity contribution in [3.8, 4) is 0 Å². The van der Waals surface area contributed by atoms with Gasteiger partial charge in [0.2, 0.25) is 5.91 Å². The topological polar surface area (TPSA) is 47.4 Å². The molecule has 1 aliphatic rings. The van der Waals surface area contributed by atoms with Crippen molar-refractivity contribution in [2.24, 2.45) is 0 Å². The Balaban J connectivity index is 1.76. The van der Waals surface area contributed by atoms with Crippen molar-refractivity contribution in [1.82, 2.24) is 14.5 Å². The maximum atomic E-state index is 11.8. The van der Waals surface area contributed by atoms with E-state index in [4.69, 9.17) is 4.74 Å². The molecule has 0 radical (unpaired) electrons. The van der Waals surface area contributed by atoms with Crippen LogP contribution in [0.3, 0.4) is 0 Å². The Kier molecular flexibility index (Phi) is 3.92. The third-order valence-corrected chi connectivity index (χ3v) is 4.31. The summed E-state index contributed by atoms with van der Waals surface area (Å²) in [5.74, 6) is 0.0914. The molecule has 0 unspecified atom stereocenters. The molecule has 0 saturated carbocycles. The highest BCUT2D eigenvalue weighted by Gasteiger charge is 2.24. The predicted molar refractivity (Wildman–Crippen MR) is 81.2 cm³/mol. The zero-order chi connectivity index (χ0) is 14.8. The van der Waals surface area contributed by atoms with E-state index in [0.717, 1.165) is 25.9 Å². The molecule has 0 N–H and O–H groups in total. The van der Waals surface area contributed by atoms with Gasteiger partial charge >= 0.3 is 0 Å². The average molecular weight is 287 g/mol. The van der Waals surface area contributed by atoms with Crippen LogP contribution in [-0.2, 0) is 9.53 Å². The minimum Gasteiger partial charge on any atom is -0.375 e. The van der Waals surface area contributed by atoms with Gasteiger partial charge in [-0.25, -0.2) is 0 Å². The number of amides is 1. The van der Waals surface area contributed by atoms with Crippen LogP contribution < -0.4 is 0 Å². The zero-order valence-corrected chi connectivity index (χ0v) is 12.6. The Morgan fingerprint density at radius 2 is 2.19 bits per heavy atom. The molecule has 5 heteroatoms. The molecular weight excluding hydrogens is 266 g/mol. The monoisotopic (exact) mass is 287 g/mol. The van der Waals surface area contributed by atoms with Crippen LogP contribution in [0.2, 0.25) is 0 Å². The van der Waals surface area contributed by atoms with E-state index >= 15 is 0 Å². The minimum atomic E-state index is 0.0914. The van der Waals surface area contributed by atoms with Crippen LogP contribution in [-0.4, -0.2) is 47.2 Å². The van der Waals surface area contributed by atoms with Gasteiger partial charge in [0.25, 0.3) is 0 Å². The van der Waals surface area contributed by atoms with Crippen molar-refractivity contribution in [3.63, 3.8) is 0 Å². The third kappa shape index (κ3) is 2.65. The largest absolute Gasteiger partial charge is 0.375 e. The van der Waals surface area contributed by atoms with Gasteiger partial charge in [0.1, 0.15) is 6.61 Å². The summed E-state index contributed by atoms with van der Waals surface area (Å²) in [6, 6.07) is 2.53. The Hall–Kier alpha value is -1.88. The molecule has 0 atom stereocenters. The number of aromatic nitrogens is 2. The number of ether oxygens (including phenoxy) is 1. The van der Waals surface area contributed by atoms with Crippen LogP contribution in [0.4, 0.5) is 0 Å². The Bertz CT molecular complexity index is 642. The summed E-state index contributed by atoms with van der Waals surface area (Å²) >= 11 is 0. The summed E-state index contributed by atoms with van der Waals surface area (Å²) in [4.78, 5) is 18.0. The molecule has 2 aromatic rings. The van der Waals surface area contributed by atoms with Crippen LogP contribution in [0.5, 0.6) is 0 Å². The lowest BCUT2D eigenvalue weighted by molar-refractivity contribution is -0.136. The molecule has 5 nitrogen and oxygen atoms in total. The summed E-state index contributed by atoms with van der Waals surface area (Å²) in [5.41, 5.74) is 2.50. The van der Waals surface area contributed by atoms with E-state index in [0.29, 0.717) is 6.04 Å². The molecular formula is C16H21N3O2. The lowest BCUT2D eigenvalue weighted by Gasteiger charge is -2.33. The molecule has 1 fully saturated rings. The fourth-order valence-corrected chi connectivity index (χ4v) is 3.17. The summed E-state index contributed by atoms with van der Waals surface area (Å²) in [7, 11) is 1.56. The Morgan fingerprint density at radius 3 is 2.90 bits per heavy atom. The lowest BCUT2D eigenvalue weighted by atomic mass is 10.0. The van der Waals surface area contributed by atoms with Gasteiger partial charge in [-0.1, -0.05) is 0 Å². The second kappa shape index (κ2) is 5.85. The summed E-state index contributed by atoms with van der Waals surface area (Å²) in [5, 5.41) is 1.22. The highest BCUT2D eigenvalue weighted by molar-refractivity contribution is 5.82. The van der Waals surface area contributed by atoms with Gasteiger partial charge in [-0.15, -0.1) is 0 Å². The number of fused-ring (bicyclic) bond motifs is 1. The predicted octanol–water partition coefficient (Wildman–Crippen LogP) is 2.15. The van der Waals surface area contributed by atoms with Crippen molar-refractivity contribution >= 4 is 16.8 Å². The molecule has 0 spiro atoms. The lowest BCUT2D eigenvalue weighted by Crippen LogP contribution is -2.40. The van der Waals surface area contributed by atoms with E-state index in [1.807, 2.05) is 17.3 Å². The van der Waals surface area contributed by atoms with Crippen molar-refractivity contribution in [2.45, 2.75) is 25.8 Å². The normalized spacial score (nSPS) is 16.6. The molecule has 2 aromatic heterocycles. The molecule has 1 aliphatic heterocycles. The Labute approximate surface area is 124 Å². The molecule has 3 heterocycles. The molecule has 112 valence electrons. The van der Waals surface area contributed by atoms with Crippen molar-refractivity contribution < 1.29 is 9.53 Å². The van der Waals surface area contributed by atoms with Gasteiger partial charge in [-0.2, -0.15) is 0 Å². The number of rotatable bonds is 3. The van der Waals surface area contributed by atoms with Crippen LogP contribution in [0.15, 0.2) is 24.7 Å². The standard InChI is InChI=1S/C16H21N3O2/c1-12-10-19(15-3-6-17-9-14(12)15)13-4-7-18(8-5-13)16(20)11-21-2/h3,6,9-10,13H,4-5,7-8,11H2,1-2H3. The number of methoxy groups -OCH3 is 1. The number of carbonyl (C=O) groups is 1. The molecule has 3 rings (SSSR count). The van der Waals surface area contributed by atoms with E-state index in [1.165, 1.54) is 16.5 Å². The first-order chi connectivity index (χ1) is 10.2.